The molecule has 1 aromatic carbocycles. The van der Waals surface area contributed by atoms with Gasteiger partial charge in [-0.25, -0.2) is 10.1 Å². The van der Waals surface area contributed by atoms with Crippen molar-refractivity contribution < 1.29 is 9.72 Å². The summed E-state index contributed by atoms with van der Waals surface area (Å²) in [6, 6.07) is 3.86. The largest absolute Gasteiger partial charge is 0.367 e. The van der Waals surface area contributed by atoms with Crippen LogP contribution < -0.4 is 11.2 Å². The van der Waals surface area contributed by atoms with Crippen molar-refractivity contribution >= 4 is 35.4 Å². The van der Waals surface area contributed by atoms with Gasteiger partial charge in [-0.1, -0.05) is 16.7 Å². The highest BCUT2D eigenvalue weighted by molar-refractivity contribution is 6.33. The number of non-ortho nitro benzene ring substituents is 1. The predicted octanol–water partition coefficient (Wildman–Crippen LogP) is -0.0328. The molecule has 0 aliphatic heterocycles. The number of anilines is 1. The number of hydrogen-bond acceptors (Lipinski definition) is 8. The van der Waals surface area contributed by atoms with Gasteiger partial charge in [0.05, 0.1) is 11.1 Å². The molecule has 0 bridgehead atoms. The molecule has 0 saturated carbocycles. The summed E-state index contributed by atoms with van der Waals surface area (Å²) < 4.78 is 1.07. The molecule has 0 saturated heterocycles. The molecule has 3 N–H and O–H groups in total. The summed E-state index contributed by atoms with van der Waals surface area (Å²) in [6.07, 6.45) is 1.19. The van der Waals surface area contributed by atoms with E-state index >= 15 is 0 Å². The van der Waals surface area contributed by atoms with Crippen LogP contribution in [0.4, 0.5) is 11.6 Å². The molecular formula is C10H9ClN8O3. The zero-order valence-electron chi connectivity index (χ0n) is 10.9. The number of tetrazole rings is 1. The number of nitro benzene ring substituents is 1. The number of carbonyl (C=O) groups excluding carboxylic acids is 1. The van der Waals surface area contributed by atoms with Gasteiger partial charge in [-0.05, 0) is 16.5 Å². The van der Waals surface area contributed by atoms with Crippen LogP contribution in [0.15, 0.2) is 23.3 Å². The Bertz CT molecular complexity index is 744. The Labute approximate surface area is 127 Å². The number of benzene rings is 1. The van der Waals surface area contributed by atoms with Crippen molar-refractivity contribution in [2.24, 2.45) is 5.10 Å². The van der Waals surface area contributed by atoms with Crippen LogP contribution in [-0.4, -0.2) is 37.3 Å². The Balaban J connectivity index is 2.00. The zero-order chi connectivity index (χ0) is 16.1. The van der Waals surface area contributed by atoms with E-state index in [0.717, 1.165) is 4.68 Å². The number of hydrazone groups is 1. The fraction of sp³-hybridized carbons (Fsp3) is 0.100. The molecule has 0 radical (unpaired) electrons. The first-order valence-corrected chi connectivity index (χ1v) is 6.12. The van der Waals surface area contributed by atoms with Crippen LogP contribution in [0, 0.1) is 10.1 Å². The predicted molar refractivity (Wildman–Crippen MR) is 76.1 cm³/mol. The number of nitrogens with zero attached hydrogens (tertiary/aromatic N) is 6. The Morgan fingerprint density at radius 3 is 3.00 bits per heavy atom. The normalized spacial score (nSPS) is 10.8. The number of amides is 1. The maximum atomic E-state index is 11.6. The van der Waals surface area contributed by atoms with Gasteiger partial charge in [0.1, 0.15) is 6.54 Å². The van der Waals surface area contributed by atoms with E-state index in [9.17, 15) is 14.9 Å². The van der Waals surface area contributed by atoms with E-state index < -0.39 is 10.8 Å². The molecule has 0 spiro atoms. The van der Waals surface area contributed by atoms with Crippen molar-refractivity contribution in [1.29, 1.82) is 0 Å². The van der Waals surface area contributed by atoms with E-state index in [0.29, 0.717) is 0 Å². The van der Waals surface area contributed by atoms with Crippen molar-refractivity contribution in [2.75, 3.05) is 5.73 Å². The summed E-state index contributed by atoms with van der Waals surface area (Å²) in [4.78, 5) is 21.7. The Morgan fingerprint density at radius 2 is 2.36 bits per heavy atom. The van der Waals surface area contributed by atoms with Crippen molar-refractivity contribution in [2.45, 2.75) is 6.54 Å². The minimum absolute atomic E-state index is 0.0131. The van der Waals surface area contributed by atoms with E-state index in [4.69, 9.17) is 17.3 Å². The molecule has 1 heterocycles. The maximum absolute atomic E-state index is 11.6. The Hall–Kier alpha value is -3.08. The number of nitrogens with one attached hydrogen (secondary N) is 1. The fourth-order valence-corrected chi connectivity index (χ4v) is 1.58. The second kappa shape index (κ2) is 6.58. The van der Waals surface area contributed by atoms with Crippen LogP contribution in [0.5, 0.6) is 0 Å². The van der Waals surface area contributed by atoms with Gasteiger partial charge >= 0.3 is 0 Å². The second-order valence-electron chi connectivity index (χ2n) is 3.95. The van der Waals surface area contributed by atoms with E-state index in [1.165, 1.54) is 24.4 Å². The number of nitrogen functional groups attached to an aromatic ring is 1. The van der Waals surface area contributed by atoms with Gasteiger partial charge in [0, 0.05) is 22.7 Å². The average Bonchev–Trinajstić information content (AvgIpc) is 2.86. The molecule has 0 atom stereocenters. The molecule has 1 amide bonds. The van der Waals surface area contributed by atoms with Crippen molar-refractivity contribution in [3.63, 3.8) is 0 Å². The summed E-state index contributed by atoms with van der Waals surface area (Å²) in [7, 11) is 0. The molecular weight excluding hydrogens is 316 g/mol. The highest BCUT2D eigenvalue weighted by atomic mass is 35.5. The third kappa shape index (κ3) is 3.73. The molecule has 0 aliphatic rings. The number of hydrogen-bond donors (Lipinski definition) is 2. The molecule has 114 valence electrons. The number of carbonyl (C=O) groups is 1. The van der Waals surface area contributed by atoms with Gasteiger partial charge in [-0.2, -0.15) is 5.10 Å². The van der Waals surface area contributed by atoms with E-state index in [2.05, 4.69) is 26.1 Å². The first kappa shape index (κ1) is 15.3. The van der Waals surface area contributed by atoms with E-state index in [1.54, 1.807) is 0 Å². The quantitative estimate of drug-likeness (QED) is 0.444. The molecule has 0 unspecified atom stereocenters. The van der Waals surface area contributed by atoms with Crippen LogP contribution in [0.1, 0.15) is 5.56 Å². The third-order valence-corrected chi connectivity index (χ3v) is 2.78. The minimum Gasteiger partial charge on any atom is -0.367 e. The Kier molecular flexibility index (Phi) is 4.58. The number of rotatable bonds is 5. The lowest BCUT2D eigenvalue weighted by Crippen LogP contribution is -2.24. The van der Waals surface area contributed by atoms with Gasteiger partial charge in [0.25, 0.3) is 11.6 Å². The van der Waals surface area contributed by atoms with E-state index in [-0.39, 0.29) is 28.8 Å². The molecule has 22 heavy (non-hydrogen) atoms. The molecule has 2 aromatic rings. The second-order valence-corrected chi connectivity index (χ2v) is 4.36. The summed E-state index contributed by atoms with van der Waals surface area (Å²) >= 11 is 5.88. The fourth-order valence-electron chi connectivity index (χ4n) is 1.41. The summed E-state index contributed by atoms with van der Waals surface area (Å²) in [5.74, 6) is -0.544. The van der Waals surface area contributed by atoms with Gasteiger partial charge in [0.15, 0.2) is 0 Å². The monoisotopic (exact) mass is 324 g/mol. The lowest BCUT2D eigenvalue weighted by Gasteiger charge is -2.01. The maximum Gasteiger partial charge on any atom is 0.270 e. The molecule has 0 fully saturated rings. The van der Waals surface area contributed by atoms with Crippen molar-refractivity contribution in [3.05, 3.63) is 38.9 Å². The lowest BCUT2D eigenvalue weighted by atomic mass is 10.2. The summed E-state index contributed by atoms with van der Waals surface area (Å²) in [6.45, 7) is -0.223. The first-order valence-electron chi connectivity index (χ1n) is 5.75. The van der Waals surface area contributed by atoms with Gasteiger partial charge in [-0.15, -0.1) is 0 Å². The topological polar surface area (TPSA) is 154 Å². The molecule has 11 nitrogen and oxygen atoms in total. The lowest BCUT2D eigenvalue weighted by molar-refractivity contribution is -0.384. The smallest absolute Gasteiger partial charge is 0.270 e. The summed E-state index contributed by atoms with van der Waals surface area (Å²) in [5, 5.41) is 24.8. The highest BCUT2D eigenvalue weighted by Crippen LogP contribution is 2.20. The number of nitro groups is 1. The van der Waals surface area contributed by atoms with Gasteiger partial charge < -0.3 is 5.73 Å². The highest BCUT2D eigenvalue weighted by Gasteiger charge is 2.09. The van der Waals surface area contributed by atoms with Crippen LogP contribution in [0.3, 0.4) is 0 Å². The molecule has 2 rings (SSSR count). The van der Waals surface area contributed by atoms with Crippen LogP contribution >= 0.6 is 11.6 Å². The third-order valence-electron chi connectivity index (χ3n) is 2.44. The van der Waals surface area contributed by atoms with Crippen molar-refractivity contribution in [3.8, 4) is 0 Å². The SMILES string of the molecule is Nc1nnnn1CC(=O)N/N=C/c1cc([N+](=O)[O-])ccc1Cl. The Morgan fingerprint density at radius 1 is 1.59 bits per heavy atom. The molecule has 1 aromatic heterocycles. The standard InChI is InChI=1S/C10H9ClN8O3/c11-8-2-1-7(19(21)22)3-6(8)4-13-14-9(20)5-18-10(12)15-16-17-18/h1-4H,5H2,(H,14,20)(H2,12,15,17)/b13-4+. The molecule has 0 aliphatic carbocycles. The number of halogens is 1. The number of aromatic nitrogens is 4. The van der Waals surface area contributed by atoms with Gasteiger partial charge in [0.2, 0.25) is 5.95 Å². The van der Waals surface area contributed by atoms with Gasteiger partial charge in [-0.3, -0.25) is 14.9 Å². The van der Waals surface area contributed by atoms with Crippen molar-refractivity contribution in [1.82, 2.24) is 25.6 Å². The molecule has 12 heteroatoms. The van der Waals surface area contributed by atoms with Crippen LogP contribution in [0.2, 0.25) is 5.02 Å². The minimum atomic E-state index is -0.563. The average molecular weight is 325 g/mol. The summed E-state index contributed by atoms with van der Waals surface area (Å²) in [5.41, 5.74) is 7.75. The first-order chi connectivity index (χ1) is 10.5. The van der Waals surface area contributed by atoms with E-state index in [1.807, 2.05) is 0 Å². The number of nitrogens with two attached hydrogens (primary N) is 1. The zero-order valence-corrected chi connectivity index (χ0v) is 11.6. The van der Waals surface area contributed by atoms with Crippen LogP contribution in [-0.2, 0) is 11.3 Å². The van der Waals surface area contributed by atoms with Crippen LogP contribution in [0.25, 0.3) is 0 Å².